The molecule has 1 fully saturated rings. The lowest BCUT2D eigenvalue weighted by Gasteiger charge is -2.23. The highest BCUT2D eigenvalue weighted by molar-refractivity contribution is 9.10. The molecule has 1 aromatic rings. The summed E-state index contributed by atoms with van der Waals surface area (Å²) in [5, 5.41) is 9.97. The van der Waals surface area contributed by atoms with Crippen LogP contribution < -0.4 is 10.6 Å². The van der Waals surface area contributed by atoms with Crippen LogP contribution in [0.2, 0.25) is 0 Å². The SMILES string of the molecule is CC1(O)CCN(c2cccc(Br)c2CN)C1. The van der Waals surface area contributed by atoms with Crippen molar-refractivity contribution in [3.63, 3.8) is 0 Å². The van der Waals surface area contributed by atoms with Gasteiger partial charge in [0.2, 0.25) is 0 Å². The molecule has 1 aliphatic rings. The highest BCUT2D eigenvalue weighted by Gasteiger charge is 2.32. The van der Waals surface area contributed by atoms with E-state index in [9.17, 15) is 5.11 Å². The molecule has 3 N–H and O–H groups in total. The van der Waals surface area contributed by atoms with Gasteiger partial charge in [0.05, 0.1) is 5.60 Å². The number of halogens is 1. The molecule has 1 unspecified atom stereocenters. The van der Waals surface area contributed by atoms with E-state index in [1.165, 1.54) is 0 Å². The van der Waals surface area contributed by atoms with E-state index in [2.05, 4.69) is 26.9 Å². The molecule has 0 aromatic heterocycles. The summed E-state index contributed by atoms with van der Waals surface area (Å²) in [4.78, 5) is 2.20. The van der Waals surface area contributed by atoms with Crippen molar-refractivity contribution in [3.8, 4) is 0 Å². The summed E-state index contributed by atoms with van der Waals surface area (Å²) >= 11 is 3.51. The predicted octanol–water partition coefficient (Wildman–Crippen LogP) is 1.87. The second-order valence-electron chi connectivity index (χ2n) is 4.61. The van der Waals surface area contributed by atoms with Crippen molar-refractivity contribution in [1.29, 1.82) is 0 Å². The van der Waals surface area contributed by atoms with Crippen molar-refractivity contribution in [1.82, 2.24) is 0 Å². The van der Waals surface area contributed by atoms with Crippen LogP contribution in [0.5, 0.6) is 0 Å². The van der Waals surface area contributed by atoms with E-state index >= 15 is 0 Å². The number of benzene rings is 1. The van der Waals surface area contributed by atoms with Gasteiger partial charge in [-0.25, -0.2) is 0 Å². The predicted molar refractivity (Wildman–Crippen MR) is 69.5 cm³/mol. The maximum atomic E-state index is 9.97. The van der Waals surface area contributed by atoms with Gasteiger partial charge in [-0.15, -0.1) is 0 Å². The van der Waals surface area contributed by atoms with Crippen molar-refractivity contribution < 1.29 is 5.11 Å². The minimum Gasteiger partial charge on any atom is -0.388 e. The molecule has 0 spiro atoms. The van der Waals surface area contributed by atoms with E-state index in [0.29, 0.717) is 13.1 Å². The summed E-state index contributed by atoms with van der Waals surface area (Å²) in [6.07, 6.45) is 0.809. The molecule has 1 aliphatic heterocycles. The first-order chi connectivity index (χ1) is 7.53. The maximum Gasteiger partial charge on any atom is 0.0810 e. The fourth-order valence-corrected chi connectivity index (χ4v) is 2.71. The smallest absolute Gasteiger partial charge is 0.0810 e. The Kier molecular flexibility index (Phi) is 3.24. The summed E-state index contributed by atoms with van der Waals surface area (Å²) < 4.78 is 1.04. The third-order valence-corrected chi connectivity index (χ3v) is 3.83. The van der Waals surface area contributed by atoms with Crippen LogP contribution in [0.25, 0.3) is 0 Å². The average Bonchev–Trinajstić information content (AvgIpc) is 2.58. The molecular formula is C12H17BrN2O. The van der Waals surface area contributed by atoms with Gasteiger partial charge in [-0.3, -0.25) is 0 Å². The molecular weight excluding hydrogens is 268 g/mol. The number of anilines is 1. The third-order valence-electron chi connectivity index (χ3n) is 3.09. The number of β-amino-alcohol motifs (C(OH)–C–C–N with tert-alkyl or cyclic N) is 1. The molecule has 1 aromatic carbocycles. The summed E-state index contributed by atoms with van der Waals surface area (Å²) in [5.41, 5.74) is 7.44. The van der Waals surface area contributed by atoms with Crippen LogP contribution in [-0.4, -0.2) is 23.8 Å². The Bertz CT molecular complexity index is 393. The molecule has 2 rings (SSSR count). The number of hydrogen-bond acceptors (Lipinski definition) is 3. The van der Waals surface area contributed by atoms with Crippen molar-refractivity contribution in [2.45, 2.75) is 25.5 Å². The Hall–Kier alpha value is -0.580. The van der Waals surface area contributed by atoms with Crippen LogP contribution in [0.15, 0.2) is 22.7 Å². The van der Waals surface area contributed by atoms with Crippen LogP contribution >= 0.6 is 15.9 Å². The molecule has 16 heavy (non-hydrogen) atoms. The minimum atomic E-state index is -0.575. The topological polar surface area (TPSA) is 49.5 Å². The number of nitrogens with two attached hydrogens (primary N) is 1. The molecule has 1 saturated heterocycles. The molecule has 0 amide bonds. The largest absolute Gasteiger partial charge is 0.388 e. The Morgan fingerprint density at radius 3 is 2.88 bits per heavy atom. The Balaban J connectivity index is 2.31. The molecule has 4 heteroatoms. The lowest BCUT2D eigenvalue weighted by molar-refractivity contribution is 0.0839. The zero-order valence-corrected chi connectivity index (χ0v) is 11.0. The van der Waals surface area contributed by atoms with Crippen LogP contribution in [0.4, 0.5) is 5.69 Å². The summed E-state index contributed by atoms with van der Waals surface area (Å²) in [6.45, 7) is 3.95. The van der Waals surface area contributed by atoms with Gasteiger partial charge in [0.1, 0.15) is 0 Å². The molecule has 0 aliphatic carbocycles. The van der Waals surface area contributed by atoms with Gasteiger partial charge in [-0.05, 0) is 25.5 Å². The second-order valence-corrected chi connectivity index (χ2v) is 5.46. The van der Waals surface area contributed by atoms with Crippen LogP contribution in [-0.2, 0) is 6.54 Å². The fourth-order valence-electron chi connectivity index (χ4n) is 2.20. The first-order valence-corrected chi connectivity index (χ1v) is 6.27. The van der Waals surface area contributed by atoms with Gasteiger partial charge in [0, 0.05) is 35.4 Å². The highest BCUT2D eigenvalue weighted by Crippen LogP contribution is 2.32. The molecule has 1 atom stereocenters. The molecule has 3 nitrogen and oxygen atoms in total. The van der Waals surface area contributed by atoms with Gasteiger partial charge in [0.15, 0.2) is 0 Å². The Labute approximate surface area is 104 Å². The number of aliphatic hydroxyl groups is 1. The normalized spacial score (nSPS) is 25.1. The van der Waals surface area contributed by atoms with E-state index in [0.717, 1.165) is 28.7 Å². The zero-order chi connectivity index (χ0) is 11.8. The number of nitrogens with zero attached hydrogens (tertiary/aromatic N) is 1. The van der Waals surface area contributed by atoms with Crippen LogP contribution in [0.1, 0.15) is 18.9 Å². The number of rotatable bonds is 2. The van der Waals surface area contributed by atoms with Gasteiger partial charge >= 0.3 is 0 Å². The Morgan fingerprint density at radius 1 is 1.56 bits per heavy atom. The maximum absolute atomic E-state index is 9.97. The van der Waals surface area contributed by atoms with Crippen molar-refractivity contribution in [2.75, 3.05) is 18.0 Å². The van der Waals surface area contributed by atoms with E-state index in [1.807, 2.05) is 19.1 Å². The standard InChI is InChI=1S/C12H17BrN2O/c1-12(16)5-6-15(8-12)11-4-2-3-10(13)9(11)7-14/h2-4,16H,5-8,14H2,1H3. The minimum absolute atomic E-state index is 0.509. The first kappa shape index (κ1) is 11.9. The van der Waals surface area contributed by atoms with Crippen LogP contribution in [0.3, 0.4) is 0 Å². The van der Waals surface area contributed by atoms with Gasteiger partial charge in [-0.2, -0.15) is 0 Å². The van der Waals surface area contributed by atoms with Crippen LogP contribution in [0, 0.1) is 0 Å². The molecule has 88 valence electrons. The number of hydrogen-bond donors (Lipinski definition) is 2. The third kappa shape index (κ3) is 2.24. The van der Waals surface area contributed by atoms with Gasteiger partial charge in [0.25, 0.3) is 0 Å². The Morgan fingerprint density at radius 2 is 2.31 bits per heavy atom. The van der Waals surface area contributed by atoms with Gasteiger partial charge in [-0.1, -0.05) is 22.0 Å². The lowest BCUT2D eigenvalue weighted by atomic mass is 10.1. The summed E-state index contributed by atoms with van der Waals surface area (Å²) in [6, 6.07) is 6.07. The lowest BCUT2D eigenvalue weighted by Crippen LogP contribution is -2.30. The zero-order valence-electron chi connectivity index (χ0n) is 9.41. The van der Waals surface area contributed by atoms with E-state index in [1.54, 1.807) is 0 Å². The van der Waals surface area contributed by atoms with Crippen molar-refractivity contribution >= 4 is 21.6 Å². The first-order valence-electron chi connectivity index (χ1n) is 5.48. The molecule has 0 radical (unpaired) electrons. The fraction of sp³-hybridized carbons (Fsp3) is 0.500. The van der Waals surface area contributed by atoms with Crippen molar-refractivity contribution in [2.24, 2.45) is 5.73 Å². The average molecular weight is 285 g/mol. The highest BCUT2D eigenvalue weighted by atomic mass is 79.9. The monoisotopic (exact) mass is 284 g/mol. The second kappa shape index (κ2) is 4.35. The molecule has 1 heterocycles. The summed E-state index contributed by atoms with van der Waals surface area (Å²) in [5.74, 6) is 0. The van der Waals surface area contributed by atoms with E-state index in [4.69, 9.17) is 5.73 Å². The van der Waals surface area contributed by atoms with Gasteiger partial charge < -0.3 is 15.7 Å². The van der Waals surface area contributed by atoms with E-state index < -0.39 is 5.60 Å². The van der Waals surface area contributed by atoms with Crippen molar-refractivity contribution in [3.05, 3.63) is 28.2 Å². The summed E-state index contributed by atoms with van der Waals surface area (Å²) in [7, 11) is 0. The molecule has 0 bridgehead atoms. The quantitative estimate of drug-likeness (QED) is 0.872. The molecule has 0 saturated carbocycles. The van der Waals surface area contributed by atoms with E-state index in [-0.39, 0.29) is 0 Å².